The number of hydrogen-bond donors (Lipinski definition) is 1. The molecule has 3 aromatic rings. The molecule has 3 rings (SSSR count). The highest BCUT2D eigenvalue weighted by Gasteiger charge is 2.15. The fourth-order valence-electron chi connectivity index (χ4n) is 3.01. The lowest BCUT2D eigenvalue weighted by atomic mass is 9.93. The Hall–Kier alpha value is -2.46. The van der Waals surface area contributed by atoms with Gasteiger partial charge in [0.1, 0.15) is 17.9 Å². The second kappa shape index (κ2) is 8.58. The van der Waals surface area contributed by atoms with Gasteiger partial charge in [-0.2, -0.15) is 0 Å². The molecule has 0 aliphatic rings. The SMILES string of the molecule is CCC(CCOc1cc2ccccc2o1)c1ccccc1OCCO. The first-order valence-corrected chi connectivity index (χ1v) is 8.75. The number of furan rings is 1. The molecule has 0 aliphatic heterocycles. The summed E-state index contributed by atoms with van der Waals surface area (Å²) in [6.45, 7) is 3.06. The van der Waals surface area contributed by atoms with E-state index in [0.29, 0.717) is 25.1 Å². The summed E-state index contributed by atoms with van der Waals surface area (Å²) < 4.78 is 17.2. The standard InChI is InChI=1S/C21H24O4/c1-2-16(18-8-4-6-10-20(18)23-14-12-22)11-13-24-21-15-17-7-3-5-9-19(17)25-21/h3-10,15-16,22H,2,11-14H2,1H3. The highest BCUT2D eigenvalue weighted by Crippen LogP contribution is 2.32. The molecular weight excluding hydrogens is 316 g/mol. The topological polar surface area (TPSA) is 51.8 Å². The molecule has 25 heavy (non-hydrogen) atoms. The molecule has 0 radical (unpaired) electrons. The number of benzene rings is 2. The van der Waals surface area contributed by atoms with Crippen LogP contribution < -0.4 is 9.47 Å². The van der Waals surface area contributed by atoms with Crippen LogP contribution in [0, 0.1) is 0 Å². The Bertz CT molecular complexity index is 760. The van der Waals surface area contributed by atoms with Crippen molar-refractivity contribution in [1.82, 2.24) is 0 Å². The average molecular weight is 340 g/mol. The molecule has 1 aromatic heterocycles. The highest BCUT2D eigenvalue weighted by atomic mass is 16.6. The minimum absolute atomic E-state index is 0.0142. The van der Waals surface area contributed by atoms with Crippen LogP contribution in [-0.2, 0) is 0 Å². The van der Waals surface area contributed by atoms with E-state index in [2.05, 4.69) is 13.0 Å². The van der Waals surface area contributed by atoms with Gasteiger partial charge in [0.25, 0.3) is 5.95 Å². The van der Waals surface area contributed by atoms with Gasteiger partial charge in [0.15, 0.2) is 0 Å². The average Bonchev–Trinajstić information content (AvgIpc) is 3.07. The summed E-state index contributed by atoms with van der Waals surface area (Å²) in [6.07, 6.45) is 1.86. The molecule has 0 saturated carbocycles. The lowest BCUT2D eigenvalue weighted by molar-refractivity contribution is 0.198. The largest absolute Gasteiger partial charge is 0.491 e. The van der Waals surface area contributed by atoms with E-state index in [-0.39, 0.29) is 6.61 Å². The van der Waals surface area contributed by atoms with E-state index in [1.54, 1.807) is 0 Å². The van der Waals surface area contributed by atoms with Crippen LogP contribution in [0.1, 0.15) is 31.2 Å². The number of aliphatic hydroxyl groups excluding tert-OH is 1. The quantitative estimate of drug-likeness (QED) is 0.610. The van der Waals surface area contributed by atoms with Gasteiger partial charge in [-0.15, -0.1) is 0 Å². The van der Waals surface area contributed by atoms with Crippen molar-refractivity contribution in [1.29, 1.82) is 0 Å². The van der Waals surface area contributed by atoms with E-state index < -0.39 is 0 Å². The Labute approximate surface area is 148 Å². The van der Waals surface area contributed by atoms with Crippen molar-refractivity contribution in [3.05, 3.63) is 60.2 Å². The van der Waals surface area contributed by atoms with E-state index in [1.807, 2.05) is 48.5 Å². The summed E-state index contributed by atoms with van der Waals surface area (Å²) in [4.78, 5) is 0. The Morgan fingerprint density at radius 1 is 1.00 bits per heavy atom. The number of rotatable bonds is 9. The molecule has 1 heterocycles. The van der Waals surface area contributed by atoms with Crippen LogP contribution in [0.15, 0.2) is 59.0 Å². The van der Waals surface area contributed by atoms with Gasteiger partial charge >= 0.3 is 0 Å². The molecule has 0 amide bonds. The number of ether oxygens (including phenoxy) is 2. The van der Waals surface area contributed by atoms with Gasteiger partial charge in [0, 0.05) is 11.5 Å². The maximum atomic E-state index is 8.99. The molecule has 0 aliphatic carbocycles. The lowest BCUT2D eigenvalue weighted by Gasteiger charge is -2.19. The Morgan fingerprint density at radius 3 is 2.60 bits per heavy atom. The zero-order chi connectivity index (χ0) is 17.5. The Kier molecular flexibility index (Phi) is 5.96. The summed E-state index contributed by atoms with van der Waals surface area (Å²) in [7, 11) is 0. The maximum absolute atomic E-state index is 8.99. The van der Waals surface area contributed by atoms with Gasteiger partial charge in [-0.3, -0.25) is 0 Å². The minimum Gasteiger partial charge on any atom is -0.491 e. The Morgan fingerprint density at radius 2 is 1.80 bits per heavy atom. The number of hydrogen-bond acceptors (Lipinski definition) is 4. The summed E-state index contributed by atoms with van der Waals surface area (Å²) in [5.74, 6) is 1.73. The molecule has 0 spiro atoms. The molecule has 1 N–H and O–H groups in total. The smallest absolute Gasteiger partial charge is 0.285 e. The summed E-state index contributed by atoms with van der Waals surface area (Å²) >= 11 is 0. The highest BCUT2D eigenvalue weighted by molar-refractivity contribution is 5.78. The maximum Gasteiger partial charge on any atom is 0.285 e. The molecule has 1 atom stereocenters. The summed E-state index contributed by atoms with van der Waals surface area (Å²) in [6, 6.07) is 17.8. The molecule has 0 saturated heterocycles. The van der Waals surface area contributed by atoms with Crippen molar-refractivity contribution < 1.29 is 19.0 Å². The molecule has 0 bridgehead atoms. The fourth-order valence-corrected chi connectivity index (χ4v) is 3.01. The zero-order valence-corrected chi connectivity index (χ0v) is 14.5. The van der Waals surface area contributed by atoms with Crippen molar-refractivity contribution in [2.75, 3.05) is 19.8 Å². The first kappa shape index (κ1) is 17.4. The summed E-state index contributed by atoms with van der Waals surface area (Å²) in [5.41, 5.74) is 2.00. The Balaban J connectivity index is 1.62. The lowest BCUT2D eigenvalue weighted by Crippen LogP contribution is -2.09. The minimum atomic E-state index is 0.0142. The van der Waals surface area contributed by atoms with Gasteiger partial charge in [-0.25, -0.2) is 0 Å². The van der Waals surface area contributed by atoms with E-state index in [4.69, 9.17) is 19.0 Å². The second-order valence-corrected chi connectivity index (χ2v) is 5.96. The third-order valence-electron chi connectivity index (χ3n) is 4.31. The molecular formula is C21H24O4. The predicted molar refractivity (Wildman–Crippen MR) is 98.4 cm³/mol. The van der Waals surface area contributed by atoms with Gasteiger partial charge in [-0.05, 0) is 36.5 Å². The third kappa shape index (κ3) is 4.34. The van der Waals surface area contributed by atoms with Crippen LogP contribution in [0.5, 0.6) is 11.7 Å². The first-order valence-electron chi connectivity index (χ1n) is 8.75. The van der Waals surface area contributed by atoms with Crippen LogP contribution in [0.4, 0.5) is 0 Å². The van der Waals surface area contributed by atoms with Gasteiger partial charge in [0.05, 0.1) is 13.2 Å². The van der Waals surface area contributed by atoms with Crippen molar-refractivity contribution in [2.24, 2.45) is 0 Å². The molecule has 0 fully saturated rings. The van der Waals surface area contributed by atoms with Crippen molar-refractivity contribution in [3.8, 4) is 11.7 Å². The molecule has 4 heteroatoms. The van der Waals surface area contributed by atoms with Crippen molar-refractivity contribution >= 4 is 11.0 Å². The van der Waals surface area contributed by atoms with Crippen molar-refractivity contribution in [2.45, 2.75) is 25.7 Å². The second-order valence-electron chi connectivity index (χ2n) is 5.96. The predicted octanol–water partition coefficient (Wildman–Crippen LogP) is 4.77. The molecule has 4 nitrogen and oxygen atoms in total. The first-order chi connectivity index (χ1) is 12.3. The number of aliphatic hydroxyl groups is 1. The van der Waals surface area contributed by atoms with Crippen LogP contribution in [-0.4, -0.2) is 24.9 Å². The monoisotopic (exact) mass is 340 g/mol. The summed E-state index contributed by atoms with van der Waals surface area (Å²) in [5, 5.41) is 10.0. The van der Waals surface area contributed by atoms with E-state index in [9.17, 15) is 0 Å². The van der Waals surface area contributed by atoms with Gasteiger partial charge in [0.2, 0.25) is 0 Å². The van der Waals surface area contributed by atoms with Crippen LogP contribution in [0.2, 0.25) is 0 Å². The zero-order valence-electron chi connectivity index (χ0n) is 14.5. The van der Waals surface area contributed by atoms with E-state index in [0.717, 1.165) is 35.1 Å². The van der Waals surface area contributed by atoms with E-state index >= 15 is 0 Å². The normalized spacial score (nSPS) is 12.2. The van der Waals surface area contributed by atoms with Gasteiger partial charge in [-0.1, -0.05) is 43.3 Å². The van der Waals surface area contributed by atoms with Crippen LogP contribution in [0.3, 0.4) is 0 Å². The molecule has 1 unspecified atom stereocenters. The van der Waals surface area contributed by atoms with Crippen LogP contribution in [0.25, 0.3) is 11.0 Å². The molecule has 2 aromatic carbocycles. The fraction of sp³-hybridized carbons (Fsp3) is 0.333. The van der Waals surface area contributed by atoms with Gasteiger partial charge < -0.3 is 19.0 Å². The third-order valence-corrected chi connectivity index (χ3v) is 4.31. The number of fused-ring (bicyclic) bond motifs is 1. The van der Waals surface area contributed by atoms with E-state index in [1.165, 1.54) is 0 Å². The van der Waals surface area contributed by atoms with Crippen molar-refractivity contribution in [3.63, 3.8) is 0 Å². The molecule has 132 valence electrons. The van der Waals surface area contributed by atoms with Crippen LogP contribution >= 0.6 is 0 Å². The number of para-hydroxylation sites is 2.